The Hall–Kier alpha value is 0.130. The molecule has 1 fully saturated rings. The molecule has 0 aromatic heterocycles. The third-order valence-electron chi connectivity index (χ3n) is 2.18. The molecule has 1 N–H and O–H groups in total. The Kier molecular flexibility index (Phi) is 6.52. The minimum Gasteiger partial charge on any atom is -0.465 e. The molecule has 0 aromatic carbocycles. The SMILES string of the molecule is CCOC(=O)C(C)NCC1CSCCS1. The van der Waals surface area contributed by atoms with Gasteiger partial charge in [-0.25, -0.2) is 0 Å². The summed E-state index contributed by atoms with van der Waals surface area (Å²) in [4.78, 5) is 11.3. The van der Waals surface area contributed by atoms with E-state index in [0.717, 1.165) is 6.54 Å². The predicted octanol–water partition coefficient (Wildman–Crippen LogP) is 1.38. The average molecular weight is 249 g/mol. The monoisotopic (exact) mass is 249 g/mol. The normalized spacial score (nSPS) is 23.5. The first kappa shape index (κ1) is 13.2. The molecule has 2 unspecified atom stereocenters. The minimum atomic E-state index is -0.183. The van der Waals surface area contributed by atoms with Gasteiger partial charge in [-0.1, -0.05) is 0 Å². The van der Waals surface area contributed by atoms with Crippen molar-refractivity contribution < 1.29 is 9.53 Å². The molecule has 1 heterocycles. The maximum atomic E-state index is 11.3. The van der Waals surface area contributed by atoms with Crippen LogP contribution in [0, 0.1) is 0 Å². The second-order valence-corrected chi connectivity index (χ2v) is 6.01. The van der Waals surface area contributed by atoms with E-state index in [-0.39, 0.29) is 12.0 Å². The van der Waals surface area contributed by atoms with Crippen LogP contribution >= 0.6 is 23.5 Å². The zero-order valence-electron chi connectivity index (χ0n) is 9.32. The molecule has 0 amide bonds. The van der Waals surface area contributed by atoms with Crippen LogP contribution in [0.25, 0.3) is 0 Å². The summed E-state index contributed by atoms with van der Waals surface area (Å²) in [5.74, 6) is 3.53. The van der Waals surface area contributed by atoms with Gasteiger partial charge in [0.2, 0.25) is 0 Å². The zero-order chi connectivity index (χ0) is 11.1. The van der Waals surface area contributed by atoms with Crippen LogP contribution in [0.1, 0.15) is 13.8 Å². The number of thioether (sulfide) groups is 2. The molecule has 1 aliphatic rings. The molecule has 0 aromatic rings. The van der Waals surface area contributed by atoms with Gasteiger partial charge in [-0.3, -0.25) is 4.79 Å². The van der Waals surface area contributed by atoms with Gasteiger partial charge in [-0.05, 0) is 13.8 Å². The van der Waals surface area contributed by atoms with E-state index >= 15 is 0 Å². The smallest absolute Gasteiger partial charge is 0.322 e. The number of carbonyl (C=O) groups excluding carboxylic acids is 1. The number of rotatable bonds is 5. The van der Waals surface area contributed by atoms with Crippen molar-refractivity contribution in [1.82, 2.24) is 5.32 Å². The molecule has 15 heavy (non-hydrogen) atoms. The zero-order valence-corrected chi connectivity index (χ0v) is 11.0. The lowest BCUT2D eigenvalue weighted by Gasteiger charge is -2.22. The highest BCUT2D eigenvalue weighted by molar-refractivity contribution is 8.06. The lowest BCUT2D eigenvalue weighted by Crippen LogP contribution is -2.40. The molecular weight excluding hydrogens is 230 g/mol. The second-order valence-electron chi connectivity index (χ2n) is 3.45. The van der Waals surface area contributed by atoms with Crippen LogP contribution in [0.4, 0.5) is 0 Å². The highest BCUT2D eigenvalue weighted by Gasteiger charge is 2.18. The van der Waals surface area contributed by atoms with Gasteiger partial charge in [-0.15, -0.1) is 0 Å². The van der Waals surface area contributed by atoms with Crippen LogP contribution in [-0.4, -0.2) is 47.7 Å². The predicted molar refractivity (Wildman–Crippen MR) is 67.7 cm³/mol. The Bertz CT molecular complexity index is 196. The Morgan fingerprint density at radius 2 is 2.40 bits per heavy atom. The van der Waals surface area contributed by atoms with Crippen molar-refractivity contribution in [2.45, 2.75) is 25.1 Å². The summed E-state index contributed by atoms with van der Waals surface area (Å²) < 4.78 is 4.93. The first-order valence-corrected chi connectivity index (χ1v) is 7.53. The van der Waals surface area contributed by atoms with E-state index in [2.05, 4.69) is 5.32 Å². The molecule has 1 rings (SSSR count). The topological polar surface area (TPSA) is 38.3 Å². The first-order chi connectivity index (χ1) is 7.24. The molecule has 2 atom stereocenters. The maximum Gasteiger partial charge on any atom is 0.322 e. The second kappa shape index (κ2) is 7.41. The number of hydrogen-bond donors (Lipinski definition) is 1. The van der Waals surface area contributed by atoms with E-state index in [0.29, 0.717) is 11.9 Å². The third kappa shape index (κ3) is 5.13. The van der Waals surface area contributed by atoms with Crippen molar-refractivity contribution in [3.63, 3.8) is 0 Å². The Morgan fingerprint density at radius 1 is 1.60 bits per heavy atom. The first-order valence-electron chi connectivity index (χ1n) is 5.33. The Labute approximate surface area is 100 Å². The van der Waals surface area contributed by atoms with Crippen LogP contribution in [-0.2, 0) is 9.53 Å². The summed E-state index contributed by atoms with van der Waals surface area (Å²) in [5, 5.41) is 3.87. The summed E-state index contributed by atoms with van der Waals surface area (Å²) in [6, 6.07) is -0.183. The molecule has 3 nitrogen and oxygen atoms in total. The lowest BCUT2D eigenvalue weighted by atomic mass is 10.3. The number of ether oxygens (including phenoxy) is 1. The molecule has 1 aliphatic heterocycles. The van der Waals surface area contributed by atoms with Gasteiger partial charge in [0, 0.05) is 29.1 Å². The molecule has 0 radical (unpaired) electrons. The van der Waals surface area contributed by atoms with Gasteiger partial charge in [-0.2, -0.15) is 23.5 Å². The highest BCUT2D eigenvalue weighted by atomic mass is 32.2. The molecule has 0 spiro atoms. The Balaban J connectivity index is 2.14. The molecule has 5 heteroatoms. The van der Waals surface area contributed by atoms with Crippen LogP contribution in [0.2, 0.25) is 0 Å². The van der Waals surface area contributed by atoms with E-state index < -0.39 is 0 Å². The van der Waals surface area contributed by atoms with Crippen LogP contribution in [0.3, 0.4) is 0 Å². The number of nitrogens with one attached hydrogen (secondary N) is 1. The fourth-order valence-electron chi connectivity index (χ4n) is 1.31. The average Bonchev–Trinajstić information content (AvgIpc) is 2.27. The molecule has 88 valence electrons. The van der Waals surface area contributed by atoms with E-state index in [4.69, 9.17) is 4.74 Å². The molecular formula is C10H19NO2S2. The van der Waals surface area contributed by atoms with Gasteiger partial charge in [0.1, 0.15) is 6.04 Å². The van der Waals surface area contributed by atoms with Crippen molar-refractivity contribution in [3.05, 3.63) is 0 Å². The van der Waals surface area contributed by atoms with E-state index in [1.54, 1.807) is 0 Å². The van der Waals surface area contributed by atoms with Crippen LogP contribution in [0.5, 0.6) is 0 Å². The fraction of sp³-hybridized carbons (Fsp3) is 0.900. The van der Waals surface area contributed by atoms with E-state index in [9.17, 15) is 4.79 Å². The fourth-order valence-corrected chi connectivity index (χ4v) is 3.94. The van der Waals surface area contributed by atoms with E-state index in [1.807, 2.05) is 37.4 Å². The van der Waals surface area contributed by atoms with Gasteiger partial charge < -0.3 is 10.1 Å². The van der Waals surface area contributed by atoms with Crippen molar-refractivity contribution in [2.75, 3.05) is 30.4 Å². The Morgan fingerprint density at radius 3 is 3.00 bits per heavy atom. The standard InChI is InChI=1S/C10H19NO2S2/c1-3-13-10(12)8(2)11-6-9-7-14-4-5-15-9/h8-9,11H,3-7H2,1-2H3. The molecule has 1 saturated heterocycles. The van der Waals surface area contributed by atoms with E-state index in [1.165, 1.54) is 17.3 Å². The maximum absolute atomic E-state index is 11.3. The van der Waals surface area contributed by atoms with Gasteiger partial charge in [0.05, 0.1) is 6.61 Å². The summed E-state index contributed by atoms with van der Waals surface area (Å²) >= 11 is 3.99. The largest absolute Gasteiger partial charge is 0.465 e. The summed E-state index contributed by atoms with van der Waals surface area (Å²) in [6.07, 6.45) is 0. The number of hydrogen-bond acceptors (Lipinski definition) is 5. The number of carbonyl (C=O) groups is 1. The van der Waals surface area contributed by atoms with Crippen molar-refractivity contribution in [3.8, 4) is 0 Å². The summed E-state index contributed by atoms with van der Waals surface area (Å²) in [6.45, 7) is 5.05. The quantitative estimate of drug-likeness (QED) is 0.745. The minimum absolute atomic E-state index is 0.147. The van der Waals surface area contributed by atoms with Crippen molar-refractivity contribution >= 4 is 29.5 Å². The van der Waals surface area contributed by atoms with Crippen molar-refractivity contribution in [1.29, 1.82) is 0 Å². The summed E-state index contributed by atoms with van der Waals surface area (Å²) in [5.41, 5.74) is 0. The van der Waals surface area contributed by atoms with Crippen LogP contribution < -0.4 is 5.32 Å². The molecule has 0 bridgehead atoms. The molecule has 0 saturated carbocycles. The van der Waals surface area contributed by atoms with Gasteiger partial charge in [0.15, 0.2) is 0 Å². The van der Waals surface area contributed by atoms with Crippen molar-refractivity contribution in [2.24, 2.45) is 0 Å². The molecule has 0 aliphatic carbocycles. The summed E-state index contributed by atoms with van der Waals surface area (Å²) in [7, 11) is 0. The van der Waals surface area contributed by atoms with Gasteiger partial charge in [0.25, 0.3) is 0 Å². The number of esters is 1. The van der Waals surface area contributed by atoms with Crippen LogP contribution in [0.15, 0.2) is 0 Å². The third-order valence-corrected chi connectivity index (χ3v) is 5.02. The highest BCUT2D eigenvalue weighted by Crippen LogP contribution is 2.23. The lowest BCUT2D eigenvalue weighted by molar-refractivity contribution is -0.145. The van der Waals surface area contributed by atoms with Gasteiger partial charge >= 0.3 is 5.97 Å².